The van der Waals surface area contributed by atoms with E-state index in [4.69, 9.17) is 9.47 Å². The fourth-order valence-electron chi connectivity index (χ4n) is 2.13. The maximum absolute atomic E-state index is 11.6. The molecule has 2 N–H and O–H groups in total. The Kier molecular flexibility index (Phi) is 4.67. The molecule has 2 aliphatic heterocycles. The number of hydrogen-bond acceptors (Lipinski definition) is 4. The number of hydrogen-bond donors (Lipinski definition) is 2. The van der Waals surface area contributed by atoms with Crippen molar-refractivity contribution in [1.29, 1.82) is 0 Å². The molecule has 0 spiro atoms. The Morgan fingerprint density at radius 3 is 3.18 bits per heavy atom. The van der Waals surface area contributed by atoms with Crippen molar-refractivity contribution in [3.8, 4) is 0 Å². The first kappa shape index (κ1) is 12.2. The summed E-state index contributed by atoms with van der Waals surface area (Å²) >= 11 is 0. The van der Waals surface area contributed by atoms with Gasteiger partial charge in [0.25, 0.3) is 5.91 Å². The summed E-state index contributed by atoms with van der Waals surface area (Å²) in [5.74, 6) is 0.799. The van der Waals surface area contributed by atoms with Gasteiger partial charge in [-0.25, -0.2) is 0 Å². The van der Waals surface area contributed by atoms with E-state index >= 15 is 0 Å². The van der Waals surface area contributed by atoms with Crippen LogP contribution < -0.4 is 10.6 Å². The summed E-state index contributed by atoms with van der Waals surface area (Å²) < 4.78 is 10.2. The van der Waals surface area contributed by atoms with Crippen molar-refractivity contribution in [2.75, 3.05) is 32.8 Å². The Balaban J connectivity index is 1.63. The summed E-state index contributed by atoms with van der Waals surface area (Å²) in [5.41, 5.74) is 0. The first-order valence-electron chi connectivity index (χ1n) is 6.30. The Hall–Kier alpha value is -1.23. The van der Waals surface area contributed by atoms with Crippen molar-refractivity contribution in [2.24, 2.45) is 5.92 Å². The van der Waals surface area contributed by atoms with Crippen molar-refractivity contribution in [1.82, 2.24) is 10.6 Å². The molecule has 0 aromatic carbocycles. The first-order chi connectivity index (χ1) is 8.36. The Morgan fingerprint density at radius 2 is 2.47 bits per heavy atom. The van der Waals surface area contributed by atoms with Gasteiger partial charge in [-0.1, -0.05) is 0 Å². The quantitative estimate of drug-likeness (QED) is 0.746. The van der Waals surface area contributed by atoms with Crippen LogP contribution in [0, 0.1) is 5.92 Å². The molecular formula is C12H20N2O3. The van der Waals surface area contributed by atoms with Crippen LogP contribution in [0.15, 0.2) is 12.0 Å². The van der Waals surface area contributed by atoms with Gasteiger partial charge < -0.3 is 20.1 Å². The normalized spacial score (nSPS) is 24.2. The van der Waals surface area contributed by atoms with E-state index in [0.717, 1.165) is 19.5 Å². The van der Waals surface area contributed by atoms with Crippen molar-refractivity contribution in [2.45, 2.75) is 19.3 Å². The van der Waals surface area contributed by atoms with Crippen LogP contribution >= 0.6 is 0 Å². The molecule has 1 unspecified atom stereocenters. The molecule has 1 atom stereocenters. The molecule has 5 nitrogen and oxygen atoms in total. The van der Waals surface area contributed by atoms with Gasteiger partial charge in [0.1, 0.15) is 19.5 Å². The molecule has 0 aliphatic carbocycles. The van der Waals surface area contributed by atoms with E-state index in [0.29, 0.717) is 25.7 Å². The molecule has 0 bridgehead atoms. The van der Waals surface area contributed by atoms with Crippen LogP contribution in [0.5, 0.6) is 0 Å². The molecule has 1 amide bonds. The smallest absolute Gasteiger partial charge is 0.289 e. The molecule has 17 heavy (non-hydrogen) atoms. The van der Waals surface area contributed by atoms with Crippen molar-refractivity contribution in [3.05, 3.63) is 12.0 Å². The zero-order valence-corrected chi connectivity index (χ0v) is 10.0. The van der Waals surface area contributed by atoms with Crippen LogP contribution in [-0.4, -0.2) is 38.8 Å². The van der Waals surface area contributed by atoms with Crippen LogP contribution in [0.3, 0.4) is 0 Å². The van der Waals surface area contributed by atoms with E-state index < -0.39 is 0 Å². The van der Waals surface area contributed by atoms with E-state index in [1.54, 1.807) is 0 Å². The second-order valence-corrected chi connectivity index (χ2v) is 4.46. The highest BCUT2D eigenvalue weighted by atomic mass is 16.6. The maximum Gasteiger partial charge on any atom is 0.289 e. The van der Waals surface area contributed by atoms with E-state index in [9.17, 15) is 4.79 Å². The summed E-state index contributed by atoms with van der Waals surface area (Å²) in [4.78, 5) is 11.6. The van der Waals surface area contributed by atoms with E-state index in [-0.39, 0.29) is 11.7 Å². The molecular weight excluding hydrogens is 220 g/mol. The third kappa shape index (κ3) is 3.93. The number of piperidine rings is 1. The first-order valence-corrected chi connectivity index (χ1v) is 6.30. The molecule has 0 radical (unpaired) electrons. The van der Waals surface area contributed by atoms with Gasteiger partial charge in [-0.2, -0.15) is 0 Å². The lowest BCUT2D eigenvalue weighted by Crippen LogP contribution is -2.34. The lowest BCUT2D eigenvalue weighted by molar-refractivity contribution is -0.122. The zero-order chi connectivity index (χ0) is 11.9. The molecule has 2 aliphatic rings. The summed E-state index contributed by atoms with van der Waals surface area (Å²) in [6, 6.07) is 0. The molecule has 96 valence electrons. The highest BCUT2D eigenvalue weighted by Crippen LogP contribution is 2.13. The largest absolute Gasteiger partial charge is 0.494 e. The van der Waals surface area contributed by atoms with Crippen molar-refractivity contribution >= 4 is 5.91 Å². The second kappa shape index (κ2) is 6.49. The van der Waals surface area contributed by atoms with Gasteiger partial charge in [0.2, 0.25) is 5.76 Å². The molecule has 0 aromatic rings. The number of amides is 1. The minimum absolute atomic E-state index is 0.173. The van der Waals surface area contributed by atoms with E-state index in [2.05, 4.69) is 10.6 Å². The van der Waals surface area contributed by atoms with Crippen LogP contribution in [0.1, 0.15) is 19.3 Å². The monoisotopic (exact) mass is 240 g/mol. The van der Waals surface area contributed by atoms with Gasteiger partial charge in [-0.3, -0.25) is 4.79 Å². The Bertz CT molecular complexity index is 285. The topological polar surface area (TPSA) is 59.6 Å². The van der Waals surface area contributed by atoms with Gasteiger partial charge >= 0.3 is 0 Å². The molecule has 2 rings (SSSR count). The Labute approximate surface area is 102 Å². The van der Waals surface area contributed by atoms with E-state index in [1.165, 1.54) is 19.1 Å². The lowest BCUT2D eigenvalue weighted by atomic mass is 9.96. The van der Waals surface area contributed by atoms with Gasteiger partial charge in [0.15, 0.2) is 0 Å². The van der Waals surface area contributed by atoms with Crippen LogP contribution in [0.2, 0.25) is 0 Å². The molecule has 5 heteroatoms. The summed E-state index contributed by atoms with van der Waals surface area (Å²) in [5, 5.41) is 6.23. The molecule has 2 heterocycles. The molecule has 1 saturated heterocycles. The molecule has 0 saturated carbocycles. The van der Waals surface area contributed by atoms with Crippen LogP contribution in [-0.2, 0) is 14.3 Å². The maximum atomic E-state index is 11.6. The number of rotatable bonds is 4. The fourth-order valence-corrected chi connectivity index (χ4v) is 2.13. The highest BCUT2D eigenvalue weighted by Gasteiger charge is 2.16. The number of carbonyl (C=O) groups excluding carboxylic acids is 1. The van der Waals surface area contributed by atoms with Crippen molar-refractivity contribution in [3.63, 3.8) is 0 Å². The molecule has 1 fully saturated rings. The van der Waals surface area contributed by atoms with Gasteiger partial charge in [-0.15, -0.1) is 0 Å². The predicted molar refractivity (Wildman–Crippen MR) is 63.2 cm³/mol. The van der Waals surface area contributed by atoms with Crippen molar-refractivity contribution < 1.29 is 14.3 Å². The third-order valence-corrected chi connectivity index (χ3v) is 3.11. The van der Waals surface area contributed by atoms with Gasteiger partial charge in [0, 0.05) is 6.54 Å². The third-order valence-electron chi connectivity index (χ3n) is 3.11. The van der Waals surface area contributed by atoms with E-state index in [1.807, 2.05) is 0 Å². The van der Waals surface area contributed by atoms with Crippen LogP contribution in [0.25, 0.3) is 0 Å². The predicted octanol–water partition coefficient (Wildman–Crippen LogP) is 0.381. The standard InChI is InChI=1S/C12H20N2O3/c15-12(11-9-16-6-7-17-11)14-5-3-10-2-1-4-13-8-10/h9-10,13H,1-8H2,(H,14,15). The SMILES string of the molecule is O=C(NCCC1CCCNC1)C1=COCCO1. The Morgan fingerprint density at radius 1 is 1.53 bits per heavy atom. The summed E-state index contributed by atoms with van der Waals surface area (Å²) in [6.45, 7) is 3.86. The number of ether oxygens (including phenoxy) is 2. The average Bonchev–Trinajstić information content (AvgIpc) is 2.41. The minimum Gasteiger partial charge on any atom is -0.494 e. The summed E-state index contributed by atoms with van der Waals surface area (Å²) in [6.07, 6.45) is 4.90. The summed E-state index contributed by atoms with van der Waals surface area (Å²) in [7, 11) is 0. The number of carbonyl (C=O) groups is 1. The number of nitrogens with one attached hydrogen (secondary N) is 2. The van der Waals surface area contributed by atoms with Gasteiger partial charge in [-0.05, 0) is 38.3 Å². The lowest BCUT2D eigenvalue weighted by Gasteiger charge is -2.22. The fraction of sp³-hybridized carbons (Fsp3) is 0.750. The average molecular weight is 240 g/mol. The zero-order valence-electron chi connectivity index (χ0n) is 10.0. The van der Waals surface area contributed by atoms with Gasteiger partial charge in [0.05, 0.1) is 0 Å². The minimum atomic E-state index is -0.173. The molecule has 0 aromatic heterocycles. The second-order valence-electron chi connectivity index (χ2n) is 4.46. The highest BCUT2D eigenvalue weighted by molar-refractivity contribution is 5.91. The van der Waals surface area contributed by atoms with Crippen LogP contribution in [0.4, 0.5) is 0 Å².